The second-order valence-corrected chi connectivity index (χ2v) is 3.71. The van der Waals surface area contributed by atoms with E-state index in [1.54, 1.807) is 18.2 Å². The average Bonchev–Trinajstić information content (AvgIpc) is 2.12. The molecule has 1 saturated heterocycles. The first kappa shape index (κ1) is 9.62. The van der Waals surface area contributed by atoms with Gasteiger partial charge in [0.1, 0.15) is 5.82 Å². The number of nitrogens with one attached hydrogen (secondary N) is 1. The van der Waals surface area contributed by atoms with Gasteiger partial charge in [0.2, 0.25) is 0 Å². The fourth-order valence-electron chi connectivity index (χ4n) is 1.69. The molecule has 1 aliphatic heterocycles. The quantitative estimate of drug-likeness (QED) is 0.768. The molecule has 3 heteroatoms. The number of halogens is 1. The van der Waals surface area contributed by atoms with Crippen molar-refractivity contribution in [1.29, 1.82) is 0 Å². The summed E-state index contributed by atoms with van der Waals surface area (Å²) in [6.07, 6.45) is 0.987. The number of rotatable bonds is 3. The molecule has 0 bridgehead atoms. The SMILES string of the molecule is OC(CC1CCN1)c1ccccc1F. The van der Waals surface area contributed by atoms with Crippen LogP contribution in [0.4, 0.5) is 4.39 Å². The van der Waals surface area contributed by atoms with Crippen molar-refractivity contribution in [2.45, 2.75) is 25.0 Å². The normalized spacial score (nSPS) is 22.9. The van der Waals surface area contributed by atoms with Gasteiger partial charge in [0.25, 0.3) is 0 Å². The summed E-state index contributed by atoms with van der Waals surface area (Å²) < 4.78 is 13.2. The number of aliphatic hydroxyl groups excluding tert-OH is 1. The highest BCUT2D eigenvalue weighted by Crippen LogP contribution is 2.23. The Bertz CT molecular complexity index is 312. The summed E-state index contributed by atoms with van der Waals surface area (Å²) in [5.74, 6) is -0.320. The lowest BCUT2D eigenvalue weighted by molar-refractivity contribution is 0.132. The summed E-state index contributed by atoms with van der Waals surface area (Å²) in [5, 5.41) is 12.9. The fraction of sp³-hybridized carbons (Fsp3) is 0.455. The second-order valence-electron chi connectivity index (χ2n) is 3.71. The van der Waals surface area contributed by atoms with Crippen molar-refractivity contribution < 1.29 is 9.50 Å². The van der Waals surface area contributed by atoms with Crippen LogP contribution in [0.1, 0.15) is 24.5 Å². The summed E-state index contributed by atoms with van der Waals surface area (Å²) in [4.78, 5) is 0. The fourth-order valence-corrected chi connectivity index (χ4v) is 1.69. The van der Waals surface area contributed by atoms with Crippen molar-refractivity contribution in [2.75, 3.05) is 6.54 Å². The van der Waals surface area contributed by atoms with Gasteiger partial charge in [0.05, 0.1) is 6.10 Å². The van der Waals surface area contributed by atoms with Gasteiger partial charge in [-0.3, -0.25) is 0 Å². The van der Waals surface area contributed by atoms with E-state index in [1.807, 2.05) is 0 Å². The highest BCUT2D eigenvalue weighted by Gasteiger charge is 2.22. The molecule has 0 radical (unpaired) electrons. The van der Waals surface area contributed by atoms with E-state index in [2.05, 4.69) is 5.32 Å². The van der Waals surface area contributed by atoms with Gasteiger partial charge >= 0.3 is 0 Å². The maximum absolute atomic E-state index is 13.2. The second kappa shape index (κ2) is 4.07. The van der Waals surface area contributed by atoms with Crippen LogP contribution in [0.15, 0.2) is 24.3 Å². The first-order chi connectivity index (χ1) is 6.77. The maximum Gasteiger partial charge on any atom is 0.128 e. The highest BCUT2D eigenvalue weighted by molar-refractivity contribution is 5.20. The molecule has 1 fully saturated rings. The van der Waals surface area contributed by atoms with Crippen molar-refractivity contribution in [2.24, 2.45) is 0 Å². The molecule has 76 valence electrons. The minimum absolute atomic E-state index is 0.320. The minimum atomic E-state index is -0.686. The minimum Gasteiger partial charge on any atom is -0.388 e. The van der Waals surface area contributed by atoms with Crippen LogP contribution in [0.5, 0.6) is 0 Å². The lowest BCUT2D eigenvalue weighted by Crippen LogP contribution is -2.43. The van der Waals surface area contributed by atoms with E-state index < -0.39 is 6.10 Å². The van der Waals surface area contributed by atoms with Crippen molar-refractivity contribution in [3.05, 3.63) is 35.6 Å². The van der Waals surface area contributed by atoms with Crippen molar-refractivity contribution in [3.8, 4) is 0 Å². The van der Waals surface area contributed by atoms with Gasteiger partial charge in [0, 0.05) is 11.6 Å². The van der Waals surface area contributed by atoms with Crippen LogP contribution < -0.4 is 5.32 Å². The summed E-state index contributed by atoms with van der Waals surface area (Å²) in [5.41, 5.74) is 0.404. The molecule has 0 aromatic heterocycles. The number of benzene rings is 1. The van der Waals surface area contributed by atoms with Crippen molar-refractivity contribution >= 4 is 0 Å². The zero-order valence-electron chi connectivity index (χ0n) is 7.91. The Hall–Kier alpha value is -0.930. The topological polar surface area (TPSA) is 32.3 Å². The first-order valence-corrected chi connectivity index (χ1v) is 4.93. The zero-order chi connectivity index (χ0) is 9.97. The molecule has 2 N–H and O–H groups in total. The van der Waals surface area contributed by atoms with Gasteiger partial charge in [-0.2, -0.15) is 0 Å². The van der Waals surface area contributed by atoms with E-state index in [0.717, 1.165) is 13.0 Å². The number of hydrogen-bond acceptors (Lipinski definition) is 2. The van der Waals surface area contributed by atoms with E-state index in [1.165, 1.54) is 6.07 Å². The van der Waals surface area contributed by atoms with Crippen molar-refractivity contribution in [3.63, 3.8) is 0 Å². The molecule has 1 aliphatic rings. The molecule has 2 nitrogen and oxygen atoms in total. The summed E-state index contributed by atoms with van der Waals surface area (Å²) in [7, 11) is 0. The van der Waals surface area contributed by atoms with Crippen LogP contribution in [0.3, 0.4) is 0 Å². The van der Waals surface area contributed by atoms with Crippen molar-refractivity contribution in [1.82, 2.24) is 5.32 Å². The molecule has 14 heavy (non-hydrogen) atoms. The summed E-state index contributed by atoms with van der Waals surface area (Å²) in [6.45, 7) is 1.01. The van der Waals surface area contributed by atoms with Gasteiger partial charge in [0.15, 0.2) is 0 Å². The van der Waals surface area contributed by atoms with Crippen LogP contribution in [0.25, 0.3) is 0 Å². The Balaban J connectivity index is 2.02. The third kappa shape index (κ3) is 1.94. The van der Waals surface area contributed by atoms with Crippen LogP contribution in [-0.2, 0) is 0 Å². The Labute approximate surface area is 82.8 Å². The lowest BCUT2D eigenvalue weighted by Gasteiger charge is -2.29. The Morgan fingerprint density at radius 2 is 2.21 bits per heavy atom. The standard InChI is InChI=1S/C11H14FNO/c12-10-4-2-1-3-9(10)11(14)7-8-5-6-13-8/h1-4,8,11,13-14H,5-7H2. The third-order valence-electron chi connectivity index (χ3n) is 2.70. The summed E-state index contributed by atoms with van der Waals surface area (Å²) in [6, 6.07) is 6.75. The molecule has 1 aromatic carbocycles. The molecule has 2 rings (SSSR count). The molecule has 1 heterocycles. The third-order valence-corrected chi connectivity index (χ3v) is 2.70. The largest absolute Gasteiger partial charge is 0.388 e. The van der Waals surface area contributed by atoms with E-state index in [4.69, 9.17) is 0 Å². The molecular weight excluding hydrogens is 181 g/mol. The first-order valence-electron chi connectivity index (χ1n) is 4.93. The predicted octanol–water partition coefficient (Wildman–Crippen LogP) is 1.61. The molecule has 0 saturated carbocycles. The summed E-state index contributed by atoms with van der Waals surface area (Å²) >= 11 is 0. The van der Waals surface area contributed by atoms with E-state index in [-0.39, 0.29) is 5.82 Å². The average molecular weight is 195 g/mol. The smallest absolute Gasteiger partial charge is 0.128 e. The molecule has 0 amide bonds. The van der Waals surface area contributed by atoms with Gasteiger partial charge in [-0.1, -0.05) is 18.2 Å². The Kier molecular flexibility index (Phi) is 2.79. The molecule has 0 aliphatic carbocycles. The van der Waals surface area contributed by atoms with E-state index >= 15 is 0 Å². The number of aliphatic hydroxyl groups is 1. The number of hydrogen-bond donors (Lipinski definition) is 2. The zero-order valence-corrected chi connectivity index (χ0v) is 7.91. The highest BCUT2D eigenvalue weighted by atomic mass is 19.1. The Morgan fingerprint density at radius 1 is 1.50 bits per heavy atom. The van der Waals surface area contributed by atoms with Crippen LogP contribution in [0.2, 0.25) is 0 Å². The molecular formula is C11H14FNO. The van der Waals surface area contributed by atoms with Gasteiger partial charge < -0.3 is 10.4 Å². The predicted molar refractivity (Wildman–Crippen MR) is 52.4 cm³/mol. The van der Waals surface area contributed by atoms with Gasteiger partial charge in [-0.05, 0) is 25.5 Å². The lowest BCUT2D eigenvalue weighted by atomic mass is 9.96. The van der Waals surface area contributed by atoms with Gasteiger partial charge in [-0.15, -0.1) is 0 Å². The monoisotopic (exact) mass is 195 g/mol. The van der Waals surface area contributed by atoms with Gasteiger partial charge in [-0.25, -0.2) is 4.39 Å². The van der Waals surface area contributed by atoms with Crippen LogP contribution in [0, 0.1) is 5.82 Å². The maximum atomic E-state index is 13.2. The molecule has 0 spiro atoms. The molecule has 2 unspecified atom stereocenters. The van der Waals surface area contributed by atoms with E-state index in [9.17, 15) is 9.50 Å². The Morgan fingerprint density at radius 3 is 2.79 bits per heavy atom. The van der Waals surface area contributed by atoms with Crippen LogP contribution >= 0.6 is 0 Å². The van der Waals surface area contributed by atoms with Crippen LogP contribution in [-0.4, -0.2) is 17.7 Å². The molecule has 1 aromatic rings. The van der Waals surface area contributed by atoms with E-state index in [0.29, 0.717) is 18.0 Å². The molecule has 2 atom stereocenters.